The predicted octanol–water partition coefficient (Wildman–Crippen LogP) is 3.19. The van der Waals surface area contributed by atoms with Gasteiger partial charge in [0.2, 0.25) is 0 Å². The number of Topliss-reactive ketones (excluding diaryl/α,β-unsaturated/α-hetero) is 1. The van der Waals surface area contributed by atoms with E-state index in [0.717, 1.165) is 11.8 Å². The fourth-order valence-corrected chi connectivity index (χ4v) is 1.66. The summed E-state index contributed by atoms with van der Waals surface area (Å²) in [7, 11) is 0. The molecule has 18 heavy (non-hydrogen) atoms. The van der Waals surface area contributed by atoms with E-state index in [9.17, 15) is 18.0 Å². The van der Waals surface area contributed by atoms with Crippen LogP contribution in [-0.2, 0) is 11.2 Å². The van der Waals surface area contributed by atoms with Crippen LogP contribution in [0.25, 0.3) is 0 Å². The number of alkyl halides is 4. The second-order valence-electron chi connectivity index (χ2n) is 3.55. The lowest BCUT2D eigenvalue weighted by molar-refractivity contribution is -0.168. The number of aliphatic imine (C=N–C) groups is 1. The number of nitrogens with zero attached hydrogens (tertiary/aromatic N) is 1. The Morgan fingerprint density at radius 3 is 2.50 bits per heavy atom. The Hall–Kier alpha value is -1.17. The van der Waals surface area contributed by atoms with Crippen molar-refractivity contribution in [3.8, 4) is 0 Å². The van der Waals surface area contributed by atoms with Gasteiger partial charge in [-0.05, 0) is 12.0 Å². The van der Waals surface area contributed by atoms with Gasteiger partial charge < -0.3 is 0 Å². The van der Waals surface area contributed by atoms with Crippen LogP contribution in [0, 0.1) is 0 Å². The molecule has 0 aromatic heterocycles. The molecule has 1 atom stereocenters. The smallest absolute Gasteiger partial charge is 0.296 e. The van der Waals surface area contributed by atoms with Crippen molar-refractivity contribution in [2.24, 2.45) is 4.99 Å². The Morgan fingerprint density at radius 1 is 1.33 bits per heavy atom. The number of ketones is 1. The van der Waals surface area contributed by atoms with Gasteiger partial charge in [0.1, 0.15) is 4.83 Å². The van der Waals surface area contributed by atoms with E-state index in [4.69, 9.17) is 0 Å². The van der Waals surface area contributed by atoms with Gasteiger partial charge in [0.25, 0.3) is 5.78 Å². The molecule has 1 aromatic rings. The maximum Gasteiger partial charge on any atom is 0.451 e. The van der Waals surface area contributed by atoms with E-state index in [1.54, 1.807) is 0 Å². The Kier molecular flexibility index (Phi) is 5.53. The van der Waals surface area contributed by atoms with Gasteiger partial charge in [-0.25, -0.2) is 0 Å². The molecule has 0 amide bonds. The van der Waals surface area contributed by atoms with Gasteiger partial charge in [0.15, 0.2) is 0 Å². The Balaban J connectivity index is 2.40. The van der Waals surface area contributed by atoms with Crippen LogP contribution >= 0.6 is 15.9 Å². The van der Waals surface area contributed by atoms with Crippen LogP contribution in [0.3, 0.4) is 0 Å². The van der Waals surface area contributed by atoms with Crippen LogP contribution < -0.4 is 0 Å². The van der Waals surface area contributed by atoms with Crippen LogP contribution in [0.1, 0.15) is 5.56 Å². The van der Waals surface area contributed by atoms with Gasteiger partial charge in [0.05, 0.1) is 0 Å². The minimum atomic E-state index is -4.83. The average Bonchev–Trinajstić information content (AvgIpc) is 2.33. The molecule has 0 aliphatic carbocycles. The van der Waals surface area contributed by atoms with Crippen molar-refractivity contribution >= 4 is 27.9 Å². The van der Waals surface area contributed by atoms with Crippen molar-refractivity contribution in [3.63, 3.8) is 0 Å². The molecular formula is C12H11BrF3NO. The molecule has 0 bridgehead atoms. The number of hydrogen-bond acceptors (Lipinski definition) is 2. The van der Waals surface area contributed by atoms with Gasteiger partial charge in [-0.3, -0.25) is 9.79 Å². The zero-order valence-electron chi connectivity index (χ0n) is 9.32. The van der Waals surface area contributed by atoms with E-state index in [-0.39, 0.29) is 0 Å². The highest BCUT2D eigenvalue weighted by atomic mass is 79.9. The van der Waals surface area contributed by atoms with E-state index < -0.39 is 16.8 Å². The summed E-state index contributed by atoms with van der Waals surface area (Å²) in [6, 6.07) is 9.44. The standard InChI is InChI=1S/C12H11BrF3NO/c13-10(11(18)12(14,15)16)8-17-7-6-9-4-2-1-3-5-9/h1-5,8,10H,6-7H2. The molecule has 0 radical (unpaired) electrons. The van der Waals surface area contributed by atoms with Crippen molar-refractivity contribution in [2.45, 2.75) is 17.4 Å². The highest BCUT2D eigenvalue weighted by Gasteiger charge is 2.41. The van der Waals surface area contributed by atoms with Crippen molar-refractivity contribution < 1.29 is 18.0 Å². The summed E-state index contributed by atoms with van der Waals surface area (Å²) in [5, 5.41) is 0. The van der Waals surface area contributed by atoms with Crippen LogP contribution in [0.15, 0.2) is 35.3 Å². The summed E-state index contributed by atoms with van der Waals surface area (Å²) in [5.74, 6) is -1.84. The molecule has 2 nitrogen and oxygen atoms in total. The van der Waals surface area contributed by atoms with E-state index in [1.807, 2.05) is 30.3 Å². The number of rotatable bonds is 5. The number of carbonyl (C=O) groups is 1. The summed E-state index contributed by atoms with van der Waals surface area (Å²) in [6.07, 6.45) is -3.23. The molecule has 0 heterocycles. The molecule has 0 fully saturated rings. The zero-order valence-corrected chi connectivity index (χ0v) is 10.9. The fourth-order valence-electron chi connectivity index (χ4n) is 1.23. The molecule has 1 aromatic carbocycles. The Labute approximate surface area is 111 Å². The third-order valence-electron chi connectivity index (χ3n) is 2.14. The molecule has 0 N–H and O–H groups in total. The van der Waals surface area contributed by atoms with Crippen LogP contribution in [0.4, 0.5) is 13.2 Å². The average molecular weight is 322 g/mol. The van der Waals surface area contributed by atoms with Gasteiger partial charge >= 0.3 is 6.18 Å². The molecule has 0 spiro atoms. The minimum absolute atomic E-state index is 0.344. The number of carbonyl (C=O) groups excluding carboxylic acids is 1. The van der Waals surface area contributed by atoms with Crippen molar-refractivity contribution in [2.75, 3.05) is 6.54 Å². The Morgan fingerprint density at radius 2 is 1.94 bits per heavy atom. The van der Waals surface area contributed by atoms with Crippen molar-refractivity contribution in [1.82, 2.24) is 0 Å². The van der Waals surface area contributed by atoms with E-state index in [2.05, 4.69) is 20.9 Å². The summed E-state index contributed by atoms with van der Waals surface area (Å²) < 4.78 is 36.1. The second kappa shape index (κ2) is 6.68. The number of halogens is 4. The number of benzene rings is 1. The monoisotopic (exact) mass is 321 g/mol. The first-order chi connectivity index (χ1) is 8.41. The van der Waals surface area contributed by atoms with E-state index >= 15 is 0 Å². The van der Waals surface area contributed by atoms with Gasteiger partial charge in [-0.2, -0.15) is 13.2 Å². The van der Waals surface area contributed by atoms with Crippen molar-refractivity contribution in [3.05, 3.63) is 35.9 Å². The summed E-state index contributed by atoms with van der Waals surface area (Å²) in [5.41, 5.74) is 1.04. The molecule has 0 saturated heterocycles. The first-order valence-electron chi connectivity index (χ1n) is 5.20. The highest BCUT2D eigenvalue weighted by Crippen LogP contribution is 2.20. The van der Waals surface area contributed by atoms with E-state index in [0.29, 0.717) is 13.0 Å². The fraction of sp³-hybridized carbons (Fsp3) is 0.333. The molecule has 1 unspecified atom stereocenters. The van der Waals surface area contributed by atoms with Gasteiger partial charge in [0, 0.05) is 12.8 Å². The highest BCUT2D eigenvalue weighted by molar-refractivity contribution is 9.10. The normalized spacial score (nSPS) is 13.8. The molecular weight excluding hydrogens is 311 g/mol. The lowest BCUT2D eigenvalue weighted by Gasteiger charge is -2.06. The van der Waals surface area contributed by atoms with E-state index in [1.165, 1.54) is 0 Å². The quantitative estimate of drug-likeness (QED) is 0.605. The molecule has 1 rings (SSSR count). The maximum absolute atomic E-state index is 12.0. The summed E-state index contributed by atoms with van der Waals surface area (Å²) in [4.78, 5) is 13.2. The molecule has 98 valence electrons. The first kappa shape index (κ1) is 14.9. The van der Waals surface area contributed by atoms with Crippen LogP contribution in [0.5, 0.6) is 0 Å². The molecule has 0 aliphatic heterocycles. The lowest BCUT2D eigenvalue weighted by Crippen LogP contribution is -2.31. The molecule has 0 aliphatic rings. The molecule has 6 heteroatoms. The SMILES string of the molecule is O=C(C(Br)C=NCCc1ccccc1)C(F)(F)F. The van der Waals surface area contributed by atoms with Gasteiger partial charge in [-0.15, -0.1) is 0 Å². The zero-order chi connectivity index (χ0) is 13.6. The lowest BCUT2D eigenvalue weighted by atomic mass is 10.2. The third kappa shape index (κ3) is 5.00. The minimum Gasteiger partial charge on any atom is -0.296 e. The third-order valence-corrected chi connectivity index (χ3v) is 2.79. The maximum atomic E-state index is 12.0. The van der Waals surface area contributed by atoms with Crippen LogP contribution in [-0.4, -0.2) is 29.5 Å². The second-order valence-corrected chi connectivity index (χ2v) is 4.54. The molecule has 0 saturated carbocycles. The largest absolute Gasteiger partial charge is 0.451 e. The summed E-state index contributed by atoms with van der Waals surface area (Å²) in [6.45, 7) is 0.344. The predicted molar refractivity (Wildman–Crippen MR) is 67.3 cm³/mol. The van der Waals surface area contributed by atoms with Crippen molar-refractivity contribution in [1.29, 1.82) is 0 Å². The van der Waals surface area contributed by atoms with Gasteiger partial charge in [-0.1, -0.05) is 46.3 Å². The Bertz CT molecular complexity index is 417. The first-order valence-corrected chi connectivity index (χ1v) is 6.12. The topological polar surface area (TPSA) is 29.4 Å². The number of hydrogen-bond donors (Lipinski definition) is 0. The summed E-state index contributed by atoms with van der Waals surface area (Å²) >= 11 is 2.65. The van der Waals surface area contributed by atoms with Crippen LogP contribution in [0.2, 0.25) is 0 Å².